The Hall–Kier alpha value is -1.47. The number of amides is 3. The summed E-state index contributed by atoms with van der Waals surface area (Å²) in [6.45, 7) is 1.48. The molecule has 2 saturated heterocycles. The minimum atomic E-state index is -0.785. The molecule has 0 saturated carbocycles. The molecule has 0 unspecified atom stereocenters. The summed E-state index contributed by atoms with van der Waals surface area (Å²) in [5, 5.41) is 5.98. The summed E-state index contributed by atoms with van der Waals surface area (Å²) in [5.74, 6) is -0.614. The first-order chi connectivity index (χ1) is 10.00. The Morgan fingerprint density at radius 2 is 1.95 bits per heavy atom. The van der Waals surface area contributed by atoms with Crippen LogP contribution in [0.15, 0.2) is 22.7 Å². The number of piperidine rings is 1. The molecule has 1 aromatic rings. The predicted molar refractivity (Wildman–Crippen MR) is 78.0 cm³/mol. The lowest BCUT2D eigenvalue weighted by Gasteiger charge is -2.31. The first-order valence-electron chi connectivity index (χ1n) is 6.80. The van der Waals surface area contributed by atoms with Crippen molar-refractivity contribution in [2.45, 2.75) is 24.9 Å². The predicted octanol–water partition coefficient (Wildman–Crippen LogP) is 1.76. The first-order valence-corrected chi connectivity index (χ1v) is 7.59. The molecule has 0 atom stereocenters. The molecule has 7 heteroatoms. The number of nitrogens with zero attached hydrogens (tertiary/aromatic N) is 1. The fraction of sp³-hybridized carbons (Fsp3) is 0.429. The second kappa shape index (κ2) is 5.38. The zero-order valence-corrected chi connectivity index (χ0v) is 12.9. The molecule has 1 spiro atoms. The van der Waals surface area contributed by atoms with Crippen molar-refractivity contribution in [2.75, 3.05) is 13.1 Å². The number of hydrogen-bond acceptors (Lipinski definition) is 3. The number of imide groups is 1. The lowest BCUT2D eigenvalue weighted by molar-refractivity contribution is -0.132. The van der Waals surface area contributed by atoms with Crippen molar-refractivity contribution in [1.29, 1.82) is 0 Å². The van der Waals surface area contributed by atoms with Gasteiger partial charge in [-0.1, -0.05) is 15.9 Å². The van der Waals surface area contributed by atoms with Gasteiger partial charge in [-0.05, 0) is 49.7 Å². The van der Waals surface area contributed by atoms with Crippen molar-refractivity contribution in [3.63, 3.8) is 0 Å². The third-order valence-corrected chi connectivity index (χ3v) is 4.42. The number of benzene rings is 1. The van der Waals surface area contributed by atoms with Gasteiger partial charge in [0, 0.05) is 4.47 Å². The topological polar surface area (TPSA) is 61.4 Å². The van der Waals surface area contributed by atoms with E-state index in [0.717, 1.165) is 0 Å². The second-order valence-electron chi connectivity index (χ2n) is 5.43. The zero-order chi connectivity index (χ0) is 15.0. The zero-order valence-electron chi connectivity index (χ0n) is 11.3. The van der Waals surface area contributed by atoms with Crippen molar-refractivity contribution in [1.82, 2.24) is 15.5 Å². The monoisotopic (exact) mass is 355 g/mol. The van der Waals surface area contributed by atoms with Crippen LogP contribution in [0.5, 0.6) is 0 Å². The highest BCUT2D eigenvalue weighted by atomic mass is 79.9. The van der Waals surface area contributed by atoms with E-state index in [-0.39, 0.29) is 12.5 Å². The minimum Gasteiger partial charge on any atom is -0.323 e. The van der Waals surface area contributed by atoms with Gasteiger partial charge in [-0.2, -0.15) is 0 Å². The summed E-state index contributed by atoms with van der Waals surface area (Å²) < 4.78 is 14.0. The molecule has 2 aliphatic rings. The maximum atomic E-state index is 13.4. The normalized spacial score (nSPS) is 21.0. The molecule has 21 heavy (non-hydrogen) atoms. The fourth-order valence-electron chi connectivity index (χ4n) is 2.90. The number of hydrogen-bond donors (Lipinski definition) is 2. The average molecular weight is 356 g/mol. The summed E-state index contributed by atoms with van der Waals surface area (Å²) in [4.78, 5) is 25.8. The van der Waals surface area contributed by atoms with Crippen LogP contribution >= 0.6 is 15.9 Å². The molecule has 1 aromatic carbocycles. The number of halogens is 2. The summed E-state index contributed by atoms with van der Waals surface area (Å²) >= 11 is 3.21. The smallest absolute Gasteiger partial charge is 0.323 e. The van der Waals surface area contributed by atoms with Crippen LogP contribution in [-0.4, -0.2) is 35.5 Å². The summed E-state index contributed by atoms with van der Waals surface area (Å²) in [5.41, 5.74) is -0.205. The van der Waals surface area contributed by atoms with E-state index in [9.17, 15) is 14.0 Å². The van der Waals surface area contributed by atoms with Crippen LogP contribution in [0, 0.1) is 5.82 Å². The van der Waals surface area contributed by atoms with Crippen molar-refractivity contribution in [3.05, 3.63) is 34.1 Å². The van der Waals surface area contributed by atoms with Crippen LogP contribution < -0.4 is 10.6 Å². The van der Waals surface area contributed by atoms with E-state index in [2.05, 4.69) is 26.6 Å². The lowest BCUT2D eigenvalue weighted by Crippen LogP contribution is -2.53. The van der Waals surface area contributed by atoms with E-state index in [4.69, 9.17) is 0 Å². The van der Waals surface area contributed by atoms with Crippen molar-refractivity contribution in [2.24, 2.45) is 0 Å². The van der Waals surface area contributed by atoms with Gasteiger partial charge in [0.15, 0.2) is 0 Å². The van der Waals surface area contributed by atoms with Gasteiger partial charge in [-0.25, -0.2) is 9.18 Å². The van der Waals surface area contributed by atoms with Gasteiger partial charge in [-0.3, -0.25) is 9.69 Å². The SMILES string of the molecule is O=C1NC2(CCNCC2)C(=O)N1Cc1cc(F)cc(Br)c1. The third kappa shape index (κ3) is 2.67. The number of carbonyl (C=O) groups excluding carboxylic acids is 2. The van der Waals surface area contributed by atoms with Gasteiger partial charge in [0.25, 0.3) is 5.91 Å². The number of nitrogens with one attached hydrogen (secondary N) is 2. The first kappa shape index (κ1) is 14.5. The molecule has 0 aromatic heterocycles. The summed E-state index contributed by atoms with van der Waals surface area (Å²) in [6.07, 6.45) is 1.17. The van der Waals surface area contributed by atoms with E-state index >= 15 is 0 Å². The molecule has 0 bridgehead atoms. The Kier molecular flexibility index (Phi) is 3.71. The van der Waals surface area contributed by atoms with Gasteiger partial charge >= 0.3 is 6.03 Å². The van der Waals surface area contributed by atoms with Gasteiger partial charge in [-0.15, -0.1) is 0 Å². The molecule has 3 rings (SSSR count). The largest absolute Gasteiger partial charge is 0.325 e. The number of carbonyl (C=O) groups is 2. The molecular weight excluding hydrogens is 341 g/mol. The Bertz CT molecular complexity index is 582. The van der Waals surface area contributed by atoms with Crippen LogP contribution in [0.3, 0.4) is 0 Å². The molecule has 0 aliphatic carbocycles. The van der Waals surface area contributed by atoms with Crippen molar-refractivity contribution in [3.8, 4) is 0 Å². The summed E-state index contributed by atoms with van der Waals surface area (Å²) in [6, 6.07) is 3.97. The highest BCUT2D eigenvalue weighted by Crippen LogP contribution is 2.28. The molecule has 2 N–H and O–H groups in total. The molecule has 5 nitrogen and oxygen atoms in total. The highest BCUT2D eigenvalue weighted by Gasteiger charge is 2.51. The molecule has 2 heterocycles. The van der Waals surface area contributed by atoms with Crippen LogP contribution in [-0.2, 0) is 11.3 Å². The van der Waals surface area contributed by atoms with E-state index < -0.39 is 17.4 Å². The van der Waals surface area contributed by atoms with Crippen LogP contribution in [0.4, 0.5) is 9.18 Å². The number of urea groups is 1. The van der Waals surface area contributed by atoms with Crippen molar-refractivity contribution >= 4 is 27.9 Å². The van der Waals surface area contributed by atoms with Crippen LogP contribution in [0.2, 0.25) is 0 Å². The van der Waals surface area contributed by atoms with E-state index in [1.54, 1.807) is 6.07 Å². The average Bonchev–Trinajstić information content (AvgIpc) is 2.63. The van der Waals surface area contributed by atoms with E-state index in [1.165, 1.54) is 17.0 Å². The maximum absolute atomic E-state index is 13.4. The second-order valence-corrected chi connectivity index (χ2v) is 6.35. The lowest BCUT2D eigenvalue weighted by atomic mass is 9.88. The Balaban J connectivity index is 1.82. The standard InChI is InChI=1S/C14H15BrFN3O2/c15-10-5-9(6-11(16)7-10)8-19-12(20)14(18-13(19)21)1-3-17-4-2-14/h5-7,17H,1-4,8H2,(H,18,21). The molecular formula is C14H15BrFN3O2. The minimum absolute atomic E-state index is 0.0796. The van der Waals surface area contributed by atoms with E-state index in [1.807, 2.05) is 0 Å². The van der Waals surface area contributed by atoms with E-state index in [0.29, 0.717) is 36.0 Å². The van der Waals surface area contributed by atoms with Gasteiger partial charge in [0.1, 0.15) is 11.4 Å². The Morgan fingerprint density at radius 3 is 2.62 bits per heavy atom. The molecule has 3 amide bonds. The number of rotatable bonds is 2. The quantitative estimate of drug-likeness (QED) is 0.794. The molecule has 2 fully saturated rings. The van der Waals surface area contributed by atoms with Crippen LogP contribution in [0.1, 0.15) is 18.4 Å². The van der Waals surface area contributed by atoms with Crippen LogP contribution in [0.25, 0.3) is 0 Å². The van der Waals surface area contributed by atoms with Gasteiger partial charge in [0.05, 0.1) is 6.54 Å². The fourth-order valence-corrected chi connectivity index (χ4v) is 3.41. The molecule has 112 valence electrons. The highest BCUT2D eigenvalue weighted by molar-refractivity contribution is 9.10. The van der Waals surface area contributed by atoms with Crippen molar-refractivity contribution < 1.29 is 14.0 Å². The third-order valence-electron chi connectivity index (χ3n) is 3.97. The Labute approximate surface area is 130 Å². The molecule has 2 aliphatic heterocycles. The van der Waals surface area contributed by atoms with Gasteiger partial charge < -0.3 is 10.6 Å². The van der Waals surface area contributed by atoms with Gasteiger partial charge in [0.2, 0.25) is 0 Å². The Morgan fingerprint density at radius 1 is 1.24 bits per heavy atom. The molecule has 0 radical (unpaired) electrons. The maximum Gasteiger partial charge on any atom is 0.325 e. The summed E-state index contributed by atoms with van der Waals surface area (Å²) in [7, 11) is 0.